The number of aliphatic carboxylic acids is 1. The summed E-state index contributed by atoms with van der Waals surface area (Å²) in [7, 11) is 0. The molecule has 1 heterocycles. The highest BCUT2D eigenvalue weighted by molar-refractivity contribution is 5.72. The maximum atomic E-state index is 11.0. The minimum absolute atomic E-state index is 0.284. The van der Waals surface area contributed by atoms with E-state index >= 15 is 0 Å². The van der Waals surface area contributed by atoms with Crippen molar-refractivity contribution in [2.24, 2.45) is 11.7 Å². The van der Waals surface area contributed by atoms with E-state index in [0.717, 1.165) is 16.9 Å². The van der Waals surface area contributed by atoms with Gasteiger partial charge in [-0.1, -0.05) is 12.1 Å². The number of carboxylic acids is 1. The number of ether oxygens (including phenoxy) is 1. The van der Waals surface area contributed by atoms with Crippen molar-refractivity contribution < 1.29 is 14.6 Å². The van der Waals surface area contributed by atoms with Crippen LogP contribution in [0.25, 0.3) is 0 Å². The lowest BCUT2D eigenvalue weighted by molar-refractivity contribution is -0.145. The molecule has 0 amide bonds. The summed E-state index contributed by atoms with van der Waals surface area (Å²) in [6.07, 6.45) is 0.230. The summed E-state index contributed by atoms with van der Waals surface area (Å²) in [6, 6.07) is 5.70. The maximum Gasteiger partial charge on any atom is 0.310 e. The van der Waals surface area contributed by atoms with Gasteiger partial charge >= 0.3 is 5.97 Å². The predicted molar refractivity (Wildman–Crippen MR) is 59.3 cm³/mol. The summed E-state index contributed by atoms with van der Waals surface area (Å²) >= 11 is 0. The van der Waals surface area contributed by atoms with Crippen molar-refractivity contribution in [1.82, 2.24) is 0 Å². The molecule has 1 aliphatic rings. The second-order valence-corrected chi connectivity index (χ2v) is 4.12. The third kappa shape index (κ3) is 1.88. The van der Waals surface area contributed by atoms with Gasteiger partial charge in [-0.3, -0.25) is 4.79 Å². The Morgan fingerprint density at radius 3 is 3.00 bits per heavy atom. The Hall–Kier alpha value is -1.55. The van der Waals surface area contributed by atoms with Gasteiger partial charge in [0.2, 0.25) is 0 Å². The highest BCUT2D eigenvalue weighted by Crippen LogP contribution is 2.31. The second-order valence-electron chi connectivity index (χ2n) is 4.12. The van der Waals surface area contributed by atoms with Crippen LogP contribution in [0, 0.1) is 5.92 Å². The van der Waals surface area contributed by atoms with Crippen LogP contribution in [-0.2, 0) is 17.8 Å². The molecule has 4 nitrogen and oxygen atoms in total. The van der Waals surface area contributed by atoms with E-state index in [1.165, 1.54) is 0 Å². The average molecular weight is 221 g/mol. The van der Waals surface area contributed by atoms with Gasteiger partial charge in [-0.25, -0.2) is 0 Å². The summed E-state index contributed by atoms with van der Waals surface area (Å²) in [5, 5.41) is 9.06. The summed E-state index contributed by atoms with van der Waals surface area (Å²) < 4.78 is 5.58. The Bertz CT molecular complexity index is 417. The molecule has 2 unspecified atom stereocenters. The van der Waals surface area contributed by atoms with Gasteiger partial charge in [0.25, 0.3) is 0 Å². The molecule has 3 N–H and O–H groups in total. The molecule has 1 aromatic carbocycles. The van der Waals surface area contributed by atoms with Crippen molar-refractivity contribution in [3.8, 4) is 5.75 Å². The molecule has 0 saturated heterocycles. The number of benzene rings is 1. The zero-order valence-corrected chi connectivity index (χ0v) is 9.14. The van der Waals surface area contributed by atoms with Gasteiger partial charge in [0.1, 0.15) is 11.9 Å². The highest BCUT2D eigenvalue weighted by atomic mass is 16.5. The van der Waals surface area contributed by atoms with E-state index in [1.807, 2.05) is 18.2 Å². The third-order valence-electron chi connectivity index (χ3n) is 3.00. The summed E-state index contributed by atoms with van der Waals surface area (Å²) in [5.41, 5.74) is 7.49. The molecule has 0 radical (unpaired) electrons. The van der Waals surface area contributed by atoms with E-state index in [2.05, 4.69) is 0 Å². The van der Waals surface area contributed by atoms with Crippen LogP contribution < -0.4 is 10.5 Å². The molecule has 1 aliphatic heterocycles. The molecular formula is C12H15NO3. The van der Waals surface area contributed by atoms with Crippen LogP contribution in [0.1, 0.15) is 18.1 Å². The van der Waals surface area contributed by atoms with Crippen LogP contribution in [0.3, 0.4) is 0 Å². The number of rotatable bonds is 2. The molecule has 0 aromatic heterocycles. The Balaban J connectivity index is 2.32. The molecule has 1 aromatic rings. The predicted octanol–water partition coefficient (Wildman–Crippen LogP) is 1.17. The first-order valence-electron chi connectivity index (χ1n) is 5.33. The monoisotopic (exact) mass is 221 g/mol. The van der Waals surface area contributed by atoms with E-state index in [9.17, 15) is 4.79 Å². The van der Waals surface area contributed by atoms with Gasteiger partial charge in [-0.2, -0.15) is 0 Å². The first kappa shape index (κ1) is 11.0. The smallest absolute Gasteiger partial charge is 0.310 e. The van der Waals surface area contributed by atoms with Crippen molar-refractivity contribution >= 4 is 5.97 Å². The van der Waals surface area contributed by atoms with E-state index in [4.69, 9.17) is 15.6 Å². The van der Waals surface area contributed by atoms with Gasteiger partial charge in [0, 0.05) is 6.54 Å². The molecule has 2 atom stereocenters. The first-order chi connectivity index (χ1) is 7.61. The van der Waals surface area contributed by atoms with Crippen LogP contribution in [0.5, 0.6) is 5.75 Å². The standard InChI is InChI=1S/C12H15NO3/c1-7-10(12(14)15)5-9-4-8(6-13)2-3-11(9)16-7/h2-4,7,10H,5-6,13H2,1H3,(H,14,15). The number of hydrogen-bond donors (Lipinski definition) is 2. The van der Waals surface area contributed by atoms with Crippen molar-refractivity contribution in [3.05, 3.63) is 29.3 Å². The lowest BCUT2D eigenvalue weighted by Crippen LogP contribution is -2.35. The van der Waals surface area contributed by atoms with Crippen molar-refractivity contribution in [2.75, 3.05) is 0 Å². The van der Waals surface area contributed by atoms with Gasteiger partial charge in [0.05, 0.1) is 5.92 Å². The summed E-state index contributed by atoms with van der Waals surface area (Å²) in [5.74, 6) is -0.501. The van der Waals surface area contributed by atoms with Crippen molar-refractivity contribution in [1.29, 1.82) is 0 Å². The molecule has 16 heavy (non-hydrogen) atoms. The average Bonchev–Trinajstić information content (AvgIpc) is 2.27. The molecule has 0 spiro atoms. The van der Waals surface area contributed by atoms with Crippen LogP contribution in [0.2, 0.25) is 0 Å². The molecular weight excluding hydrogens is 206 g/mol. The molecule has 0 aliphatic carbocycles. The Kier molecular flexibility index (Phi) is 2.83. The quantitative estimate of drug-likeness (QED) is 0.786. The highest BCUT2D eigenvalue weighted by Gasteiger charge is 2.32. The summed E-state index contributed by atoms with van der Waals surface area (Å²) in [6.45, 7) is 2.25. The number of carbonyl (C=O) groups is 1. The molecule has 2 rings (SSSR count). The fourth-order valence-electron chi connectivity index (χ4n) is 2.01. The second kappa shape index (κ2) is 4.14. The van der Waals surface area contributed by atoms with Crippen molar-refractivity contribution in [2.45, 2.75) is 26.0 Å². The Labute approximate surface area is 94.0 Å². The number of nitrogens with two attached hydrogens (primary N) is 1. The topological polar surface area (TPSA) is 72.5 Å². The van der Waals surface area contributed by atoms with Gasteiger partial charge in [0.15, 0.2) is 0 Å². The largest absolute Gasteiger partial charge is 0.490 e. The zero-order valence-electron chi connectivity index (χ0n) is 9.14. The third-order valence-corrected chi connectivity index (χ3v) is 3.00. The van der Waals surface area contributed by atoms with Crippen LogP contribution in [0.15, 0.2) is 18.2 Å². The molecule has 0 fully saturated rings. The molecule has 0 saturated carbocycles. The number of hydrogen-bond acceptors (Lipinski definition) is 3. The van der Waals surface area contributed by atoms with E-state index in [0.29, 0.717) is 13.0 Å². The Morgan fingerprint density at radius 2 is 2.38 bits per heavy atom. The zero-order chi connectivity index (χ0) is 11.7. The minimum Gasteiger partial charge on any atom is -0.490 e. The van der Waals surface area contributed by atoms with Gasteiger partial charge in [-0.15, -0.1) is 0 Å². The fourth-order valence-corrected chi connectivity index (χ4v) is 2.01. The summed E-state index contributed by atoms with van der Waals surface area (Å²) in [4.78, 5) is 11.0. The van der Waals surface area contributed by atoms with Crippen LogP contribution >= 0.6 is 0 Å². The number of fused-ring (bicyclic) bond motifs is 1. The lowest BCUT2D eigenvalue weighted by atomic mass is 9.90. The first-order valence-corrected chi connectivity index (χ1v) is 5.33. The fraction of sp³-hybridized carbons (Fsp3) is 0.417. The Morgan fingerprint density at radius 1 is 1.62 bits per heavy atom. The minimum atomic E-state index is -0.809. The molecule has 0 bridgehead atoms. The van der Waals surface area contributed by atoms with E-state index in [1.54, 1.807) is 6.92 Å². The lowest BCUT2D eigenvalue weighted by Gasteiger charge is -2.29. The normalized spacial score (nSPS) is 23.4. The van der Waals surface area contributed by atoms with E-state index in [-0.39, 0.29) is 6.10 Å². The molecule has 4 heteroatoms. The molecule has 86 valence electrons. The van der Waals surface area contributed by atoms with Crippen LogP contribution in [-0.4, -0.2) is 17.2 Å². The number of carboxylic acid groups (broad SMARTS) is 1. The van der Waals surface area contributed by atoms with E-state index < -0.39 is 11.9 Å². The van der Waals surface area contributed by atoms with Gasteiger partial charge in [-0.05, 0) is 30.5 Å². The van der Waals surface area contributed by atoms with Crippen molar-refractivity contribution in [3.63, 3.8) is 0 Å². The maximum absolute atomic E-state index is 11.0. The van der Waals surface area contributed by atoms with Gasteiger partial charge < -0.3 is 15.6 Å². The van der Waals surface area contributed by atoms with Crippen LogP contribution in [0.4, 0.5) is 0 Å². The SMILES string of the molecule is CC1Oc2ccc(CN)cc2CC1C(=O)O.